The van der Waals surface area contributed by atoms with Gasteiger partial charge in [-0.2, -0.15) is 0 Å². The molecule has 2 heterocycles. The van der Waals surface area contributed by atoms with Crippen LogP contribution in [0.1, 0.15) is 16.1 Å². The number of amides is 1. The largest absolute Gasteiger partial charge is 0.497 e. The molecule has 0 fully saturated rings. The van der Waals surface area contributed by atoms with Crippen LogP contribution in [-0.4, -0.2) is 38.7 Å². The number of rotatable bonds is 6. The normalized spacial score (nSPS) is 10.6. The fourth-order valence-corrected chi connectivity index (χ4v) is 2.67. The number of carbonyl (C=O) groups excluding carboxylic acids is 1. The molecular formula is C19H19N5O5. The van der Waals surface area contributed by atoms with Gasteiger partial charge in [-0.1, -0.05) is 0 Å². The Morgan fingerprint density at radius 3 is 2.59 bits per heavy atom. The molecule has 0 bridgehead atoms. The molecule has 1 aromatic carbocycles. The molecule has 0 aliphatic rings. The summed E-state index contributed by atoms with van der Waals surface area (Å²) in [7, 11) is 1.50. The van der Waals surface area contributed by atoms with Crippen molar-refractivity contribution in [3.8, 4) is 11.4 Å². The third-order valence-electron chi connectivity index (χ3n) is 4.21. The minimum absolute atomic E-state index is 0.102. The summed E-state index contributed by atoms with van der Waals surface area (Å²) in [6, 6.07) is 7.65. The molecule has 0 saturated heterocycles. The lowest BCUT2D eigenvalue weighted by atomic mass is 10.2. The van der Waals surface area contributed by atoms with E-state index in [1.807, 2.05) is 0 Å². The molecule has 10 nitrogen and oxygen atoms in total. The Balaban J connectivity index is 1.79. The first-order chi connectivity index (χ1) is 13.9. The van der Waals surface area contributed by atoms with Crippen molar-refractivity contribution in [2.75, 3.05) is 13.7 Å². The third kappa shape index (κ3) is 4.32. The van der Waals surface area contributed by atoms with Crippen LogP contribution >= 0.6 is 0 Å². The molecule has 3 aromatic rings. The molecule has 0 unspecified atom stereocenters. The van der Waals surface area contributed by atoms with E-state index in [9.17, 15) is 19.2 Å². The summed E-state index contributed by atoms with van der Waals surface area (Å²) < 4.78 is 7.26. The Morgan fingerprint density at radius 1 is 1.21 bits per heavy atom. The SMILES string of the molecule is COc1ccc(-n2c(=O)[nH]cc(C(=O)NCCn3cnc(C)cc3=O)c2=O)cc1. The number of ether oxygens (including phenoxy) is 1. The fourth-order valence-electron chi connectivity index (χ4n) is 2.67. The number of benzene rings is 1. The van der Waals surface area contributed by atoms with E-state index in [2.05, 4.69) is 15.3 Å². The Bertz CT molecular complexity index is 1210. The number of H-pyrrole nitrogens is 1. The second-order valence-corrected chi connectivity index (χ2v) is 6.16. The second-order valence-electron chi connectivity index (χ2n) is 6.16. The minimum Gasteiger partial charge on any atom is -0.497 e. The number of nitrogens with zero attached hydrogens (tertiary/aromatic N) is 3. The van der Waals surface area contributed by atoms with E-state index < -0.39 is 17.2 Å². The highest BCUT2D eigenvalue weighted by Gasteiger charge is 2.15. The lowest BCUT2D eigenvalue weighted by Gasteiger charge is -2.09. The van der Waals surface area contributed by atoms with E-state index >= 15 is 0 Å². The van der Waals surface area contributed by atoms with Crippen LogP contribution in [0.4, 0.5) is 0 Å². The number of carbonyl (C=O) groups is 1. The fraction of sp³-hybridized carbons (Fsp3) is 0.211. The van der Waals surface area contributed by atoms with Gasteiger partial charge in [0, 0.05) is 31.0 Å². The maximum atomic E-state index is 12.7. The molecule has 3 rings (SSSR count). The summed E-state index contributed by atoms with van der Waals surface area (Å²) in [4.78, 5) is 55.5. The van der Waals surface area contributed by atoms with E-state index in [-0.39, 0.29) is 24.2 Å². The summed E-state index contributed by atoms with van der Waals surface area (Å²) >= 11 is 0. The lowest BCUT2D eigenvalue weighted by molar-refractivity contribution is 0.0949. The third-order valence-corrected chi connectivity index (χ3v) is 4.21. The molecule has 0 spiro atoms. The van der Waals surface area contributed by atoms with Gasteiger partial charge in [0.2, 0.25) is 0 Å². The first-order valence-corrected chi connectivity index (χ1v) is 8.71. The number of aryl methyl sites for hydroxylation is 1. The predicted octanol–water partition coefficient (Wildman–Crippen LogP) is -0.170. The molecule has 2 N–H and O–H groups in total. The lowest BCUT2D eigenvalue weighted by Crippen LogP contribution is -2.40. The van der Waals surface area contributed by atoms with Gasteiger partial charge in [-0.05, 0) is 31.2 Å². The Kier molecular flexibility index (Phi) is 5.72. The zero-order valence-electron chi connectivity index (χ0n) is 15.8. The number of aromatic amines is 1. The molecule has 0 saturated carbocycles. The van der Waals surface area contributed by atoms with Gasteiger partial charge >= 0.3 is 5.69 Å². The quantitative estimate of drug-likeness (QED) is 0.594. The molecule has 2 aromatic heterocycles. The number of hydrogen-bond donors (Lipinski definition) is 2. The van der Waals surface area contributed by atoms with Crippen molar-refractivity contribution in [1.29, 1.82) is 0 Å². The molecule has 0 atom stereocenters. The maximum Gasteiger partial charge on any atom is 0.333 e. The van der Waals surface area contributed by atoms with E-state index in [1.165, 1.54) is 36.2 Å². The van der Waals surface area contributed by atoms with Gasteiger partial charge in [0.25, 0.3) is 17.0 Å². The van der Waals surface area contributed by atoms with Crippen molar-refractivity contribution in [2.24, 2.45) is 0 Å². The molecule has 29 heavy (non-hydrogen) atoms. The average molecular weight is 397 g/mol. The van der Waals surface area contributed by atoms with Crippen LogP contribution in [0, 0.1) is 6.92 Å². The van der Waals surface area contributed by atoms with Gasteiger partial charge in [-0.25, -0.2) is 14.3 Å². The molecule has 0 aliphatic carbocycles. The van der Waals surface area contributed by atoms with Crippen LogP contribution < -0.4 is 26.9 Å². The van der Waals surface area contributed by atoms with Crippen LogP contribution in [0.2, 0.25) is 0 Å². The van der Waals surface area contributed by atoms with Crippen LogP contribution in [0.25, 0.3) is 5.69 Å². The van der Waals surface area contributed by atoms with Crippen molar-refractivity contribution >= 4 is 5.91 Å². The van der Waals surface area contributed by atoms with Crippen molar-refractivity contribution in [3.05, 3.63) is 85.3 Å². The number of nitrogens with one attached hydrogen (secondary N) is 2. The molecule has 0 aliphatic heterocycles. The van der Waals surface area contributed by atoms with Gasteiger partial charge < -0.3 is 15.0 Å². The molecule has 0 radical (unpaired) electrons. The summed E-state index contributed by atoms with van der Waals surface area (Å²) in [6.45, 7) is 2.00. The molecule has 10 heteroatoms. The zero-order valence-corrected chi connectivity index (χ0v) is 15.8. The van der Waals surface area contributed by atoms with Crippen LogP contribution in [0.3, 0.4) is 0 Å². The summed E-state index contributed by atoms with van der Waals surface area (Å²) in [5.41, 5.74) is -1.00. The van der Waals surface area contributed by atoms with Crippen molar-refractivity contribution in [1.82, 2.24) is 24.4 Å². The summed E-state index contributed by atoms with van der Waals surface area (Å²) in [6.07, 6.45) is 2.46. The van der Waals surface area contributed by atoms with Crippen LogP contribution in [0.15, 0.2) is 57.2 Å². The second kappa shape index (κ2) is 8.38. The Labute approximate surface area is 164 Å². The predicted molar refractivity (Wildman–Crippen MR) is 105 cm³/mol. The number of methoxy groups -OCH3 is 1. The summed E-state index contributed by atoms with van der Waals surface area (Å²) in [5.74, 6) is -0.102. The van der Waals surface area contributed by atoms with Crippen LogP contribution in [0.5, 0.6) is 5.75 Å². The highest BCUT2D eigenvalue weighted by molar-refractivity contribution is 5.93. The standard InChI is InChI=1S/C19H19N5O5/c1-12-9-16(25)23(11-22-12)8-7-20-17(26)15-10-21-19(28)24(18(15)27)13-3-5-14(29-2)6-4-13/h3-6,9-11H,7-8H2,1-2H3,(H,20,26)(H,21,28). The average Bonchev–Trinajstić information content (AvgIpc) is 2.70. The van der Waals surface area contributed by atoms with Gasteiger partial charge in [-0.15, -0.1) is 0 Å². The Morgan fingerprint density at radius 2 is 1.93 bits per heavy atom. The molecule has 150 valence electrons. The van der Waals surface area contributed by atoms with Gasteiger partial charge in [0.1, 0.15) is 11.3 Å². The topological polar surface area (TPSA) is 128 Å². The van der Waals surface area contributed by atoms with E-state index in [4.69, 9.17) is 4.74 Å². The van der Waals surface area contributed by atoms with Crippen LogP contribution in [-0.2, 0) is 6.54 Å². The van der Waals surface area contributed by atoms with Gasteiger partial charge in [0.05, 0.1) is 19.1 Å². The van der Waals surface area contributed by atoms with Gasteiger partial charge in [0.15, 0.2) is 0 Å². The van der Waals surface area contributed by atoms with Crippen molar-refractivity contribution in [3.63, 3.8) is 0 Å². The monoisotopic (exact) mass is 397 g/mol. The molecule has 1 amide bonds. The van der Waals surface area contributed by atoms with Crippen molar-refractivity contribution in [2.45, 2.75) is 13.5 Å². The van der Waals surface area contributed by atoms with E-state index in [0.717, 1.165) is 10.8 Å². The number of hydrogen-bond acceptors (Lipinski definition) is 6. The highest BCUT2D eigenvalue weighted by atomic mass is 16.5. The molecular weight excluding hydrogens is 378 g/mol. The Hall–Kier alpha value is -3.95. The zero-order chi connectivity index (χ0) is 21.0. The first kappa shape index (κ1) is 19.8. The minimum atomic E-state index is -0.759. The van der Waals surface area contributed by atoms with Crippen molar-refractivity contribution < 1.29 is 9.53 Å². The van der Waals surface area contributed by atoms with E-state index in [1.54, 1.807) is 19.1 Å². The highest BCUT2D eigenvalue weighted by Crippen LogP contribution is 2.12. The maximum absolute atomic E-state index is 12.7. The first-order valence-electron chi connectivity index (χ1n) is 8.71. The smallest absolute Gasteiger partial charge is 0.333 e. The summed E-state index contributed by atoms with van der Waals surface area (Å²) in [5, 5.41) is 2.56. The number of aromatic nitrogens is 4. The van der Waals surface area contributed by atoms with E-state index in [0.29, 0.717) is 17.1 Å². The van der Waals surface area contributed by atoms with Gasteiger partial charge in [-0.3, -0.25) is 19.0 Å².